The summed E-state index contributed by atoms with van der Waals surface area (Å²) in [6.45, 7) is 2.76. The maximum atomic E-state index is 6.05. The van der Waals surface area contributed by atoms with Crippen molar-refractivity contribution in [2.45, 2.75) is 50.2 Å². The van der Waals surface area contributed by atoms with Gasteiger partial charge in [0.25, 0.3) is 0 Å². The Hall–Kier alpha value is -0.480. The van der Waals surface area contributed by atoms with Crippen LogP contribution in [0.4, 0.5) is 0 Å². The van der Waals surface area contributed by atoms with E-state index in [1.54, 1.807) is 19.2 Å². The minimum atomic E-state index is -0.193. The zero-order valence-electron chi connectivity index (χ0n) is 13.7. The molecular weight excluding hydrogens is 333 g/mol. The predicted octanol–water partition coefficient (Wildman–Crippen LogP) is 4.80. The molecule has 0 spiro atoms. The van der Waals surface area contributed by atoms with Gasteiger partial charge >= 0.3 is 0 Å². The molecule has 1 aliphatic carbocycles. The van der Waals surface area contributed by atoms with E-state index in [1.165, 1.54) is 25.7 Å². The number of rotatable bonds is 5. The maximum absolute atomic E-state index is 6.05. The molecular formula is C18H25Cl2NO2. The molecule has 0 radical (unpaired) electrons. The van der Waals surface area contributed by atoms with Crippen molar-refractivity contribution >= 4 is 23.2 Å². The highest BCUT2D eigenvalue weighted by atomic mass is 35.5. The summed E-state index contributed by atoms with van der Waals surface area (Å²) in [6, 6.07) is 6.17. The number of methoxy groups -OCH3 is 1. The van der Waals surface area contributed by atoms with E-state index in [-0.39, 0.29) is 5.60 Å². The Morgan fingerprint density at radius 3 is 2.43 bits per heavy atom. The first-order chi connectivity index (χ1) is 11.1. The number of nitrogens with zero attached hydrogens (tertiary/aromatic N) is 1. The van der Waals surface area contributed by atoms with E-state index in [1.807, 2.05) is 6.07 Å². The number of hydrogen-bond donors (Lipinski definition) is 0. The van der Waals surface area contributed by atoms with E-state index in [4.69, 9.17) is 32.7 Å². The molecule has 5 heteroatoms. The van der Waals surface area contributed by atoms with Crippen LogP contribution in [0.1, 0.15) is 38.5 Å². The van der Waals surface area contributed by atoms with Crippen molar-refractivity contribution in [1.82, 2.24) is 4.90 Å². The second-order valence-electron chi connectivity index (χ2n) is 6.73. The summed E-state index contributed by atoms with van der Waals surface area (Å²) in [5, 5.41) is 1.07. The molecule has 128 valence electrons. The van der Waals surface area contributed by atoms with E-state index in [2.05, 4.69) is 4.90 Å². The van der Waals surface area contributed by atoms with Crippen molar-refractivity contribution in [2.75, 3.05) is 26.8 Å². The molecule has 2 aliphatic rings. The van der Waals surface area contributed by atoms with E-state index in [0.717, 1.165) is 37.7 Å². The van der Waals surface area contributed by atoms with Crippen LogP contribution < -0.4 is 4.74 Å². The van der Waals surface area contributed by atoms with Gasteiger partial charge in [0.05, 0.1) is 10.0 Å². The maximum Gasteiger partial charge on any atom is 0.121 e. The highest BCUT2D eigenvalue weighted by molar-refractivity contribution is 6.42. The summed E-state index contributed by atoms with van der Waals surface area (Å²) in [6.07, 6.45) is 7.52. The largest absolute Gasteiger partial charge is 0.491 e. The Balaban J connectivity index is 1.55. The Morgan fingerprint density at radius 1 is 1.13 bits per heavy atom. The second kappa shape index (κ2) is 7.60. The van der Waals surface area contributed by atoms with Crippen molar-refractivity contribution in [3.63, 3.8) is 0 Å². The van der Waals surface area contributed by atoms with Gasteiger partial charge in [-0.05, 0) is 37.8 Å². The third-order valence-electron chi connectivity index (χ3n) is 5.38. The monoisotopic (exact) mass is 357 g/mol. The van der Waals surface area contributed by atoms with Crippen LogP contribution in [0.25, 0.3) is 0 Å². The van der Waals surface area contributed by atoms with Gasteiger partial charge in [-0.2, -0.15) is 0 Å². The van der Waals surface area contributed by atoms with Crippen LogP contribution >= 0.6 is 23.2 Å². The molecule has 0 aromatic heterocycles. The average molecular weight is 358 g/mol. The topological polar surface area (TPSA) is 21.7 Å². The van der Waals surface area contributed by atoms with Gasteiger partial charge in [-0.3, -0.25) is 0 Å². The number of hydrogen-bond acceptors (Lipinski definition) is 3. The third-order valence-corrected chi connectivity index (χ3v) is 6.12. The zero-order chi connectivity index (χ0) is 16.3. The first-order valence-corrected chi connectivity index (χ1v) is 9.24. The molecule has 1 aromatic carbocycles. The van der Waals surface area contributed by atoms with Gasteiger partial charge in [0.2, 0.25) is 0 Å². The van der Waals surface area contributed by atoms with Crippen molar-refractivity contribution in [3.8, 4) is 5.75 Å². The van der Waals surface area contributed by atoms with Crippen molar-refractivity contribution in [1.29, 1.82) is 0 Å². The summed E-state index contributed by atoms with van der Waals surface area (Å²) in [5.74, 6) is 0.744. The summed E-state index contributed by atoms with van der Waals surface area (Å²) < 4.78 is 11.8. The van der Waals surface area contributed by atoms with Crippen LogP contribution in [0.3, 0.4) is 0 Å². The smallest absolute Gasteiger partial charge is 0.121 e. The molecule has 1 heterocycles. The minimum Gasteiger partial charge on any atom is -0.491 e. The van der Waals surface area contributed by atoms with E-state index >= 15 is 0 Å². The SMILES string of the molecule is COC1(COc2ccc(Cl)c(Cl)c2)CCN(C2CCCC2)CC1. The standard InChI is InChI=1S/C18H25Cl2NO2/c1-22-18(13-23-15-6-7-16(19)17(20)12-15)8-10-21(11-9-18)14-4-2-3-5-14/h6-7,12,14H,2-5,8-11,13H2,1H3. The van der Waals surface area contributed by atoms with Gasteiger partial charge in [0, 0.05) is 32.3 Å². The molecule has 0 amide bonds. The van der Waals surface area contributed by atoms with Crippen molar-refractivity contribution in [2.24, 2.45) is 0 Å². The fourth-order valence-electron chi connectivity index (χ4n) is 3.75. The number of halogens is 2. The van der Waals surface area contributed by atoms with Gasteiger partial charge in [-0.1, -0.05) is 36.0 Å². The molecule has 0 bridgehead atoms. The number of likely N-dealkylation sites (tertiary alicyclic amines) is 1. The Bertz CT molecular complexity index is 524. The molecule has 1 aromatic rings. The molecule has 0 N–H and O–H groups in total. The highest BCUT2D eigenvalue weighted by Crippen LogP contribution is 2.33. The van der Waals surface area contributed by atoms with Crippen molar-refractivity contribution < 1.29 is 9.47 Å². The quantitative estimate of drug-likeness (QED) is 0.755. The van der Waals surface area contributed by atoms with Crippen molar-refractivity contribution in [3.05, 3.63) is 28.2 Å². The molecule has 0 atom stereocenters. The summed E-state index contributed by atoms with van der Waals surface area (Å²) >= 11 is 12.0. The minimum absolute atomic E-state index is 0.193. The molecule has 1 saturated carbocycles. The van der Waals surface area contributed by atoms with Gasteiger partial charge in [0.1, 0.15) is 18.0 Å². The van der Waals surface area contributed by atoms with Gasteiger partial charge in [-0.25, -0.2) is 0 Å². The van der Waals surface area contributed by atoms with E-state index < -0.39 is 0 Å². The lowest BCUT2D eigenvalue weighted by Gasteiger charge is -2.42. The van der Waals surface area contributed by atoms with E-state index in [0.29, 0.717) is 16.7 Å². The third kappa shape index (κ3) is 4.14. The number of piperidine rings is 1. The van der Waals surface area contributed by atoms with Gasteiger partial charge < -0.3 is 14.4 Å². The van der Waals surface area contributed by atoms with E-state index in [9.17, 15) is 0 Å². The molecule has 0 unspecified atom stereocenters. The van der Waals surface area contributed by atoms with Crippen LogP contribution in [-0.2, 0) is 4.74 Å². The lowest BCUT2D eigenvalue weighted by atomic mass is 9.91. The van der Waals surface area contributed by atoms with Gasteiger partial charge in [0.15, 0.2) is 0 Å². The fourth-order valence-corrected chi connectivity index (χ4v) is 4.04. The van der Waals surface area contributed by atoms with Crippen LogP contribution in [0.15, 0.2) is 18.2 Å². The molecule has 3 nitrogen and oxygen atoms in total. The normalized spacial score (nSPS) is 22.4. The number of benzene rings is 1. The molecule has 1 aliphatic heterocycles. The lowest BCUT2D eigenvalue weighted by molar-refractivity contribution is -0.0877. The molecule has 3 rings (SSSR count). The summed E-state index contributed by atoms with van der Waals surface area (Å²) in [4.78, 5) is 2.64. The second-order valence-corrected chi connectivity index (χ2v) is 7.54. The Morgan fingerprint density at radius 2 is 1.83 bits per heavy atom. The lowest BCUT2D eigenvalue weighted by Crippen LogP contribution is -2.51. The van der Waals surface area contributed by atoms with Crippen LogP contribution in [-0.4, -0.2) is 43.3 Å². The molecule has 1 saturated heterocycles. The number of ether oxygens (including phenoxy) is 2. The van der Waals surface area contributed by atoms with Crippen LogP contribution in [0, 0.1) is 0 Å². The molecule has 23 heavy (non-hydrogen) atoms. The first-order valence-electron chi connectivity index (χ1n) is 8.49. The van der Waals surface area contributed by atoms with Gasteiger partial charge in [-0.15, -0.1) is 0 Å². The predicted molar refractivity (Wildman–Crippen MR) is 94.8 cm³/mol. The average Bonchev–Trinajstić information content (AvgIpc) is 3.11. The Labute approximate surface area is 148 Å². The summed E-state index contributed by atoms with van der Waals surface area (Å²) in [5.41, 5.74) is -0.193. The highest BCUT2D eigenvalue weighted by Gasteiger charge is 2.37. The van der Waals surface area contributed by atoms with Crippen LogP contribution in [0.5, 0.6) is 5.75 Å². The van der Waals surface area contributed by atoms with Crippen LogP contribution in [0.2, 0.25) is 10.0 Å². The Kier molecular flexibility index (Phi) is 5.74. The fraction of sp³-hybridized carbons (Fsp3) is 0.667. The summed E-state index contributed by atoms with van der Waals surface area (Å²) in [7, 11) is 1.80. The molecule has 2 fully saturated rings. The zero-order valence-corrected chi connectivity index (χ0v) is 15.2. The first kappa shape index (κ1) is 17.3.